The summed E-state index contributed by atoms with van der Waals surface area (Å²) in [6.07, 6.45) is 3.51. The van der Waals surface area contributed by atoms with Gasteiger partial charge in [-0.1, -0.05) is 56.7 Å². The average molecular weight is 426 g/mol. The van der Waals surface area contributed by atoms with Crippen LogP contribution in [0.2, 0.25) is 0 Å². The van der Waals surface area contributed by atoms with Crippen molar-refractivity contribution in [3.63, 3.8) is 0 Å². The average Bonchev–Trinajstić information content (AvgIpc) is 3.44. The number of hydrogen-bond acceptors (Lipinski definition) is 4. The third-order valence-electron chi connectivity index (χ3n) is 6.28. The molecular formula is C25H32NO3P. The third-order valence-corrected chi connectivity index (χ3v) is 9.34. The normalized spacial score (nSPS) is 23.5. The van der Waals surface area contributed by atoms with Gasteiger partial charge in [0, 0.05) is 16.5 Å². The van der Waals surface area contributed by atoms with Crippen molar-refractivity contribution in [2.75, 3.05) is 20.8 Å². The number of rotatable bonds is 7. The van der Waals surface area contributed by atoms with Crippen molar-refractivity contribution in [3.8, 4) is 11.5 Å². The van der Waals surface area contributed by atoms with Crippen LogP contribution in [-0.2, 0) is 4.74 Å². The highest BCUT2D eigenvalue weighted by Crippen LogP contribution is 2.53. The zero-order chi connectivity index (χ0) is 21.1. The summed E-state index contributed by atoms with van der Waals surface area (Å²) in [4.78, 5) is 5.02. The molecule has 2 aliphatic rings. The van der Waals surface area contributed by atoms with Crippen molar-refractivity contribution < 1.29 is 14.2 Å². The van der Waals surface area contributed by atoms with Gasteiger partial charge in [0.05, 0.1) is 20.3 Å². The molecule has 1 heterocycles. The van der Waals surface area contributed by atoms with Crippen molar-refractivity contribution in [3.05, 3.63) is 48.5 Å². The van der Waals surface area contributed by atoms with Gasteiger partial charge in [-0.2, -0.15) is 0 Å². The molecule has 4 nitrogen and oxygen atoms in total. The summed E-state index contributed by atoms with van der Waals surface area (Å²) in [7, 11) is 2.82. The van der Waals surface area contributed by atoms with E-state index in [1.54, 1.807) is 14.2 Å². The first-order chi connectivity index (χ1) is 14.6. The molecule has 1 aliphatic heterocycles. The molecule has 3 atom stereocenters. The molecular weight excluding hydrogens is 393 g/mol. The highest BCUT2D eigenvalue weighted by atomic mass is 31.1. The molecule has 0 amide bonds. The van der Waals surface area contributed by atoms with Crippen LogP contribution in [-0.4, -0.2) is 38.4 Å². The molecule has 1 aliphatic carbocycles. The molecule has 0 N–H and O–H groups in total. The number of hydrogen-bond donors (Lipinski definition) is 0. The number of methoxy groups -OCH3 is 2. The summed E-state index contributed by atoms with van der Waals surface area (Å²) in [5.41, 5.74) is 0.456. The summed E-state index contributed by atoms with van der Waals surface area (Å²) in [6, 6.07) is 17.2. The Morgan fingerprint density at radius 2 is 1.53 bits per heavy atom. The number of para-hydroxylation sites is 2. The molecule has 2 unspecified atom stereocenters. The summed E-state index contributed by atoms with van der Waals surface area (Å²) >= 11 is 0. The lowest BCUT2D eigenvalue weighted by Gasteiger charge is -2.31. The predicted molar refractivity (Wildman–Crippen MR) is 125 cm³/mol. The maximum Gasteiger partial charge on any atom is 0.187 e. The van der Waals surface area contributed by atoms with Crippen molar-refractivity contribution in [1.29, 1.82) is 0 Å². The van der Waals surface area contributed by atoms with Crippen LogP contribution in [0.5, 0.6) is 11.5 Å². The number of nitrogens with zero attached hydrogens (tertiary/aromatic N) is 1. The second-order valence-corrected chi connectivity index (χ2v) is 10.8. The van der Waals surface area contributed by atoms with Crippen LogP contribution in [0.15, 0.2) is 53.5 Å². The van der Waals surface area contributed by atoms with Gasteiger partial charge in [-0.05, 0) is 44.5 Å². The predicted octanol–water partition coefficient (Wildman–Crippen LogP) is 4.76. The first-order valence-corrected chi connectivity index (χ1v) is 12.3. The van der Waals surface area contributed by atoms with Crippen LogP contribution in [0.3, 0.4) is 0 Å². The van der Waals surface area contributed by atoms with Gasteiger partial charge >= 0.3 is 0 Å². The first kappa shape index (κ1) is 21.2. The minimum Gasteiger partial charge on any atom is -0.496 e. The molecule has 0 aromatic heterocycles. The van der Waals surface area contributed by atoms with Gasteiger partial charge in [0.1, 0.15) is 18.1 Å². The Hall–Kier alpha value is -2.06. The fourth-order valence-electron chi connectivity index (χ4n) is 4.64. The van der Waals surface area contributed by atoms with Gasteiger partial charge in [-0.25, -0.2) is 4.99 Å². The molecule has 0 spiro atoms. The number of ether oxygens (including phenoxy) is 3. The van der Waals surface area contributed by atoms with Crippen LogP contribution in [0.4, 0.5) is 0 Å². The Kier molecular flexibility index (Phi) is 6.63. The van der Waals surface area contributed by atoms with Gasteiger partial charge in [0.25, 0.3) is 0 Å². The molecule has 160 valence electrons. The van der Waals surface area contributed by atoms with Crippen LogP contribution in [0, 0.1) is 11.8 Å². The van der Waals surface area contributed by atoms with E-state index in [9.17, 15) is 0 Å². The van der Waals surface area contributed by atoms with E-state index in [1.807, 2.05) is 12.1 Å². The molecule has 5 heteroatoms. The highest BCUT2D eigenvalue weighted by molar-refractivity contribution is 7.74. The summed E-state index contributed by atoms with van der Waals surface area (Å²) in [5, 5.41) is 2.55. The van der Waals surface area contributed by atoms with Crippen molar-refractivity contribution in [2.24, 2.45) is 16.8 Å². The van der Waals surface area contributed by atoms with E-state index in [0.29, 0.717) is 17.5 Å². The zero-order valence-corrected chi connectivity index (χ0v) is 19.3. The Morgan fingerprint density at radius 3 is 2.07 bits per heavy atom. The molecule has 4 rings (SSSR count). The fraction of sp³-hybridized carbons (Fsp3) is 0.480. The van der Waals surface area contributed by atoms with Crippen LogP contribution < -0.4 is 20.1 Å². The molecule has 0 bridgehead atoms. The van der Waals surface area contributed by atoms with Gasteiger partial charge in [0.2, 0.25) is 0 Å². The second-order valence-electron chi connectivity index (χ2n) is 8.41. The molecule has 1 saturated carbocycles. The number of aliphatic imine (C=N–C) groups is 1. The van der Waals surface area contributed by atoms with Crippen molar-refractivity contribution >= 4 is 24.4 Å². The SMILES string of the molecule is COc1ccccc1P(c1ccccc1OC)C1CCCC1C1=N[C@H](C(C)C)CO1. The standard InChI is InChI=1S/C25H32NO3P/c1-17(2)19-16-29-25(26-19)18-10-9-15-22(18)30(23-13-7-5-11-20(23)27-3)24-14-8-6-12-21(24)28-4/h5-8,11-14,17-19,22H,9-10,15-16H2,1-4H3/t18?,19-,22?/m0/s1. The van der Waals surface area contributed by atoms with E-state index in [1.165, 1.54) is 23.5 Å². The molecule has 2 aromatic rings. The second kappa shape index (κ2) is 9.39. The smallest absolute Gasteiger partial charge is 0.187 e. The quantitative estimate of drug-likeness (QED) is 0.601. The minimum absolute atomic E-state index is 0.282. The Labute approximate surface area is 181 Å². The maximum absolute atomic E-state index is 6.17. The Bertz CT molecular complexity index is 850. The van der Waals surface area contributed by atoms with Crippen molar-refractivity contribution in [2.45, 2.75) is 44.8 Å². The van der Waals surface area contributed by atoms with Gasteiger partial charge in [-0.15, -0.1) is 0 Å². The monoisotopic (exact) mass is 425 g/mol. The van der Waals surface area contributed by atoms with Crippen LogP contribution in [0.25, 0.3) is 0 Å². The third kappa shape index (κ3) is 4.07. The summed E-state index contributed by atoms with van der Waals surface area (Å²) in [6.45, 7) is 5.17. The van der Waals surface area contributed by atoms with Crippen LogP contribution in [0.1, 0.15) is 33.1 Å². The lowest BCUT2D eigenvalue weighted by molar-refractivity contribution is 0.277. The summed E-state index contributed by atoms with van der Waals surface area (Å²) in [5.74, 6) is 3.75. The van der Waals surface area contributed by atoms with E-state index in [4.69, 9.17) is 19.2 Å². The lowest BCUT2D eigenvalue weighted by atomic mass is 10.1. The topological polar surface area (TPSA) is 40.0 Å². The van der Waals surface area contributed by atoms with E-state index in [0.717, 1.165) is 30.4 Å². The van der Waals surface area contributed by atoms with E-state index in [2.05, 4.69) is 50.2 Å². The van der Waals surface area contributed by atoms with Crippen LogP contribution >= 0.6 is 7.92 Å². The van der Waals surface area contributed by atoms with E-state index in [-0.39, 0.29) is 6.04 Å². The first-order valence-electron chi connectivity index (χ1n) is 10.9. The van der Waals surface area contributed by atoms with Gasteiger partial charge < -0.3 is 14.2 Å². The number of benzene rings is 2. The zero-order valence-electron chi connectivity index (χ0n) is 18.4. The molecule has 0 saturated heterocycles. The highest BCUT2D eigenvalue weighted by Gasteiger charge is 2.42. The molecule has 30 heavy (non-hydrogen) atoms. The van der Waals surface area contributed by atoms with E-state index < -0.39 is 7.92 Å². The lowest BCUT2D eigenvalue weighted by Crippen LogP contribution is -2.30. The van der Waals surface area contributed by atoms with E-state index >= 15 is 0 Å². The Morgan fingerprint density at radius 1 is 0.933 bits per heavy atom. The van der Waals surface area contributed by atoms with Gasteiger partial charge in [0.15, 0.2) is 5.90 Å². The van der Waals surface area contributed by atoms with Crippen molar-refractivity contribution in [1.82, 2.24) is 0 Å². The fourth-order valence-corrected chi connectivity index (χ4v) is 7.99. The maximum atomic E-state index is 6.17. The summed E-state index contributed by atoms with van der Waals surface area (Å²) < 4.78 is 17.8. The Balaban J connectivity index is 1.79. The largest absolute Gasteiger partial charge is 0.496 e. The molecule has 0 radical (unpaired) electrons. The molecule has 2 aromatic carbocycles. The molecule has 1 fully saturated rings. The minimum atomic E-state index is -0.701. The van der Waals surface area contributed by atoms with Gasteiger partial charge in [-0.3, -0.25) is 0 Å².